The molecule has 0 atom stereocenters. The molecular formula is C27H32N2O4S. The van der Waals surface area contributed by atoms with Gasteiger partial charge in [-0.1, -0.05) is 35.9 Å². The lowest BCUT2D eigenvalue weighted by atomic mass is 10.1. The number of carbonyl (C=O) groups is 1. The van der Waals surface area contributed by atoms with E-state index in [-0.39, 0.29) is 24.6 Å². The maximum absolute atomic E-state index is 13.5. The summed E-state index contributed by atoms with van der Waals surface area (Å²) >= 11 is 0. The van der Waals surface area contributed by atoms with Gasteiger partial charge < -0.3 is 10.1 Å². The molecule has 3 aromatic carbocycles. The molecule has 0 fully saturated rings. The van der Waals surface area contributed by atoms with Crippen LogP contribution in [0, 0.1) is 34.6 Å². The van der Waals surface area contributed by atoms with Crippen LogP contribution in [0.15, 0.2) is 65.6 Å². The normalized spacial score (nSPS) is 11.2. The summed E-state index contributed by atoms with van der Waals surface area (Å²) in [6, 6.07) is 18.0. The van der Waals surface area contributed by atoms with Gasteiger partial charge in [0.1, 0.15) is 18.9 Å². The number of carbonyl (C=O) groups excluding carboxylic acids is 1. The number of nitrogens with one attached hydrogen (secondary N) is 1. The highest BCUT2D eigenvalue weighted by atomic mass is 32.2. The Hall–Kier alpha value is -3.32. The van der Waals surface area contributed by atoms with Gasteiger partial charge in [0.2, 0.25) is 5.91 Å². The van der Waals surface area contributed by atoms with E-state index >= 15 is 0 Å². The third-order valence-corrected chi connectivity index (χ3v) is 7.42. The van der Waals surface area contributed by atoms with Gasteiger partial charge in [0, 0.05) is 0 Å². The van der Waals surface area contributed by atoms with Crippen LogP contribution in [0.3, 0.4) is 0 Å². The van der Waals surface area contributed by atoms with Crippen molar-refractivity contribution in [3.05, 3.63) is 88.5 Å². The first-order valence-corrected chi connectivity index (χ1v) is 12.7. The first-order chi connectivity index (χ1) is 16.1. The Balaban J connectivity index is 1.75. The van der Waals surface area contributed by atoms with Crippen molar-refractivity contribution in [1.82, 2.24) is 5.32 Å². The van der Waals surface area contributed by atoms with Crippen LogP contribution in [-0.2, 0) is 14.8 Å². The predicted molar refractivity (Wildman–Crippen MR) is 136 cm³/mol. The van der Waals surface area contributed by atoms with Crippen molar-refractivity contribution in [3.8, 4) is 5.75 Å². The first-order valence-electron chi connectivity index (χ1n) is 11.2. The minimum absolute atomic E-state index is 0.142. The molecule has 0 radical (unpaired) electrons. The zero-order chi connectivity index (χ0) is 24.9. The second-order valence-corrected chi connectivity index (χ2v) is 10.4. The number of sulfonamides is 1. The maximum Gasteiger partial charge on any atom is 0.264 e. The van der Waals surface area contributed by atoms with Crippen molar-refractivity contribution in [1.29, 1.82) is 0 Å². The van der Waals surface area contributed by atoms with E-state index in [1.807, 2.05) is 58.9 Å². The maximum atomic E-state index is 13.5. The number of hydrogen-bond acceptors (Lipinski definition) is 4. The van der Waals surface area contributed by atoms with Crippen LogP contribution < -0.4 is 14.4 Å². The van der Waals surface area contributed by atoms with Gasteiger partial charge in [-0.3, -0.25) is 9.10 Å². The summed E-state index contributed by atoms with van der Waals surface area (Å²) in [6.45, 7) is 9.91. The Bertz CT molecular complexity index is 1250. The number of nitrogens with zero attached hydrogens (tertiary/aromatic N) is 1. The fourth-order valence-electron chi connectivity index (χ4n) is 3.67. The third kappa shape index (κ3) is 6.17. The van der Waals surface area contributed by atoms with E-state index in [0.29, 0.717) is 5.69 Å². The van der Waals surface area contributed by atoms with Crippen LogP contribution in [0.25, 0.3) is 0 Å². The summed E-state index contributed by atoms with van der Waals surface area (Å²) < 4.78 is 34.0. The molecule has 3 rings (SSSR count). The molecule has 0 unspecified atom stereocenters. The molecule has 0 aromatic heterocycles. The number of anilines is 1. The largest absolute Gasteiger partial charge is 0.491 e. The summed E-state index contributed by atoms with van der Waals surface area (Å²) in [5.74, 6) is 0.368. The molecule has 0 aliphatic heterocycles. The zero-order valence-electron chi connectivity index (χ0n) is 20.4. The molecule has 6 nitrogen and oxygen atoms in total. The Kier molecular flexibility index (Phi) is 7.99. The fourth-order valence-corrected chi connectivity index (χ4v) is 5.07. The van der Waals surface area contributed by atoms with E-state index in [0.717, 1.165) is 33.6 Å². The molecule has 180 valence electrons. The highest BCUT2D eigenvalue weighted by Gasteiger charge is 2.27. The molecule has 0 spiro atoms. The molecule has 1 N–H and O–H groups in total. The van der Waals surface area contributed by atoms with Gasteiger partial charge in [-0.25, -0.2) is 8.42 Å². The van der Waals surface area contributed by atoms with Crippen LogP contribution in [0.2, 0.25) is 0 Å². The standard InChI is InChI=1S/C27H32N2O4S/c1-19-9-11-25(12-10-19)34(31,32)29(24-16-20(2)15-21(3)17-24)18-27(30)28-13-14-33-26-8-6-7-22(4)23(26)5/h6-12,15-17H,13-14,18H2,1-5H3,(H,28,30). The molecule has 7 heteroatoms. The molecule has 0 bridgehead atoms. The molecule has 0 aliphatic rings. The number of amides is 1. The van der Waals surface area contributed by atoms with E-state index in [1.165, 1.54) is 4.31 Å². The van der Waals surface area contributed by atoms with Crippen LogP contribution in [0.1, 0.15) is 27.8 Å². The highest BCUT2D eigenvalue weighted by molar-refractivity contribution is 7.92. The summed E-state index contributed by atoms with van der Waals surface area (Å²) in [7, 11) is -3.94. The predicted octanol–water partition coefficient (Wildman–Crippen LogP) is 4.62. The fraction of sp³-hybridized carbons (Fsp3) is 0.296. The third-order valence-electron chi connectivity index (χ3n) is 5.63. The second kappa shape index (κ2) is 10.7. The van der Waals surface area contributed by atoms with E-state index in [2.05, 4.69) is 5.32 Å². The average Bonchev–Trinajstić information content (AvgIpc) is 2.77. The Labute approximate surface area is 202 Å². The van der Waals surface area contributed by atoms with Crippen LogP contribution >= 0.6 is 0 Å². The van der Waals surface area contributed by atoms with Gasteiger partial charge in [0.05, 0.1) is 17.1 Å². The average molecular weight is 481 g/mol. The van der Waals surface area contributed by atoms with E-state index in [9.17, 15) is 13.2 Å². The van der Waals surface area contributed by atoms with E-state index in [4.69, 9.17) is 4.74 Å². The molecule has 0 saturated carbocycles. The van der Waals surface area contributed by atoms with E-state index < -0.39 is 15.9 Å². The lowest BCUT2D eigenvalue weighted by Crippen LogP contribution is -2.42. The number of aryl methyl sites for hydroxylation is 4. The molecule has 0 aliphatic carbocycles. The SMILES string of the molecule is Cc1ccc(S(=O)(=O)N(CC(=O)NCCOc2cccc(C)c2C)c2cc(C)cc(C)c2)cc1. The van der Waals surface area contributed by atoms with Gasteiger partial charge in [-0.2, -0.15) is 0 Å². The number of benzene rings is 3. The molecule has 0 heterocycles. The Morgan fingerprint density at radius 2 is 1.53 bits per heavy atom. The van der Waals surface area contributed by atoms with Gasteiger partial charge in [0.15, 0.2) is 0 Å². The molecule has 0 saturated heterocycles. The molecular weight excluding hydrogens is 448 g/mol. The van der Waals surface area contributed by atoms with Gasteiger partial charge >= 0.3 is 0 Å². The van der Waals surface area contributed by atoms with Gasteiger partial charge in [0.25, 0.3) is 10.0 Å². The van der Waals surface area contributed by atoms with Crippen molar-refractivity contribution >= 4 is 21.6 Å². The topological polar surface area (TPSA) is 75.7 Å². The number of ether oxygens (including phenoxy) is 1. The molecule has 3 aromatic rings. The first kappa shape index (κ1) is 25.3. The van der Waals surface area contributed by atoms with Crippen molar-refractivity contribution in [2.24, 2.45) is 0 Å². The molecule has 1 amide bonds. The minimum atomic E-state index is -3.94. The van der Waals surface area contributed by atoms with Gasteiger partial charge in [-0.15, -0.1) is 0 Å². The lowest BCUT2D eigenvalue weighted by Gasteiger charge is -2.25. The van der Waals surface area contributed by atoms with Crippen LogP contribution in [-0.4, -0.2) is 34.0 Å². The zero-order valence-corrected chi connectivity index (χ0v) is 21.2. The van der Waals surface area contributed by atoms with Crippen molar-refractivity contribution in [2.45, 2.75) is 39.5 Å². The summed E-state index contributed by atoms with van der Waals surface area (Å²) in [4.78, 5) is 12.9. The second-order valence-electron chi connectivity index (χ2n) is 8.57. The monoisotopic (exact) mass is 480 g/mol. The number of rotatable bonds is 9. The minimum Gasteiger partial charge on any atom is -0.491 e. The lowest BCUT2D eigenvalue weighted by molar-refractivity contribution is -0.119. The summed E-state index contributed by atoms with van der Waals surface area (Å²) in [5.41, 5.74) is 5.44. The quantitative estimate of drug-likeness (QED) is 0.454. The summed E-state index contributed by atoms with van der Waals surface area (Å²) in [6.07, 6.45) is 0. The van der Waals surface area contributed by atoms with Gasteiger partial charge in [-0.05, 0) is 87.2 Å². The van der Waals surface area contributed by atoms with Crippen LogP contribution in [0.4, 0.5) is 5.69 Å². The molecule has 34 heavy (non-hydrogen) atoms. The Morgan fingerprint density at radius 1 is 0.882 bits per heavy atom. The smallest absolute Gasteiger partial charge is 0.264 e. The summed E-state index contributed by atoms with van der Waals surface area (Å²) in [5, 5.41) is 2.78. The number of hydrogen-bond donors (Lipinski definition) is 1. The van der Waals surface area contributed by atoms with Crippen LogP contribution in [0.5, 0.6) is 5.75 Å². The highest BCUT2D eigenvalue weighted by Crippen LogP contribution is 2.26. The Morgan fingerprint density at radius 3 is 2.18 bits per heavy atom. The van der Waals surface area contributed by atoms with Crippen molar-refractivity contribution in [2.75, 3.05) is 24.0 Å². The van der Waals surface area contributed by atoms with E-state index in [1.54, 1.807) is 36.4 Å². The van der Waals surface area contributed by atoms with Crippen molar-refractivity contribution < 1.29 is 17.9 Å². The van der Waals surface area contributed by atoms with Crippen molar-refractivity contribution in [3.63, 3.8) is 0 Å².